The molecule has 152 valence electrons. The van der Waals surface area contributed by atoms with E-state index in [1.54, 1.807) is 0 Å². The SMILES string of the molecule is Clc1ccccc1P(Br)(c1ccccc1Cl)(c1ccccc1Cl)c1ccccc1Cl. The van der Waals surface area contributed by atoms with E-state index in [-0.39, 0.29) is 0 Å². The minimum absolute atomic E-state index is 0.604. The summed E-state index contributed by atoms with van der Waals surface area (Å²) < 4.78 is 0. The Morgan fingerprint density at radius 3 is 0.800 bits per heavy atom. The van der Waals surface area contributed by atoms with E-state index < -0.39 is 5.31 Å². The fraction of sp³-hybridized carbons (Fsp3) is 0. The van der Waals surface area contributed by atoms with Crippen LogP contribution >= 0.6 is 67.2 Å². The standard InChI is InChI=1S/C24H16BrCl4P/c25-30(21-13-5-1-9-17(21)26,22-14-6-2-10-18(22)27,23-15-7-3-11-19(23)28)24-16-8-4-12-20(24)29/h1-16H. The molecule has 4 aromatic carbocycles. The first-order valence-electron chi connectivity index (χ1n) is 9.13. The molecule has 0 radical (unpaired) electrons. The molecule has 0 N–H and O–H groups in total. The molecule has 0 aliphatic rings. The molecule has 0 aliphatic heterocycles. The van der Waals surface area contributed by atoms with Crippen LogP contribution in [0.5, 0.6) is 0 Å². The van der Waals surface area contributed by atoms with Crippen molar-refractivity contribution in [3.05, 3.63) is 117 Å². The van der Waals surface area contributed by atoms with Crippen LogP contribution < -0.4 is 21.2 Å². The van der Waals surface area contributed by atoms with Crippen molar-refractivity contribution in [1.29, 1.82) is 0 Å². The van der Waals surface area contributed by atoms with Crippen LogP contribution in [0.3, 0.4) is 0 Å². The molecule has 4 aromatic rings. The van der Waals surface area contributed by atoms with Crippen molar-refractivity contribution in [2.45, 2.75) is 0 Å². The van der Waals surface area contributed by atoms with Crippen LogP contribution in [0.1, 0.15) is 0 Å². The van der Waals surface area contributed by atoms with E-state index in [2.05, 4.69) is 15.5 Å². The van der Waals surface area contributed by atoms with Gasteiger partial charge in [0, 0.05) is 0 Å². The number of halogens is 5. The number of rotatable bonds is 4. The van der Waals surface area contributed by atoms with Crippen molar-refractivity contribution in [3.8, 4) is 0 Å². The van der Waals surface area contributed by atoms with Crippen LogP contribution in [-0.4, -0.2) is 0 Å². The maximum absolute atomic E-state index is 6.88. The normalized spacial score (nSPS) is 12.9. The molecule has 0 spiro atoms. The summed E-state index contributed by atoms with van der Waals surface area (Å²) in [6.07, 6.45) is 0. The summed E-state index contributed by atoms with van der Waals surface area (Å²) in [5.74, 6) is 0. The number of hydrogen-bond acceptors (Lipinski definition) is 0. The van der Waals surface area contributed by atoms with E-state index in [1.807, 2.05) is 97.1 Å². The fourth-order valence-corrected chi connectivity index (χ4v) is 16.4. The van der Waals surface area contributed by atoms with E-state index in [9.17, 15) is 0 Å². The zero-order chi connectivity index (χ0) is 21.4. The third-order valence-electron chi connectivity index (χ3n) is 5.22. The van der Waals surface area contributed by atoms with Gasteiger partial charge in [0.05, 0.1) is 0 Å². The Labute approximate surface area is 204 Å². The third kappa shape index (κ3) is 3.23. The van der Waals surface area contributed by atoms with Gasteiger partial charge in [-0.1, -0.05) is 0 Å². The Kier molecular flexibility index (Phi) is 6.26. The zero-order valence-electron chi connectivity index (χ0n) is 15.6. The van der Waals surface area contributed by atoms with Gasteiger partial charge < -0.3 is 0 Å². The minimum atomic E-state index is -3.72. The van der Waals surface area contributed by atoms with E-state index in [0.717, 1.165) is 21.2 Å². The second-order valence-corrected chi connectivity index (χ2v) is 16.6. The Bertz CT molecular complexity index is 1050. The molecule has 4 rings (SSSR count). The summed E-state index contributed by atoms with van der Waals surface area (Å²) in [4.78, 5) is 0. The predicted molar refractivity (Wildman–Crippen MR) is 140 cm³/mol. The van der Waals surface area contributed by atoms with Crippen molar-refractivity contribution >= 4 is 88.4 Å². The molecule has 0 fully saturated rings. The van der Waals surface area contributed by atoms with Crippen LogP contribution in [0.15, 0.2) is 97.1 Å². The predicted octanol–water partition coefficient (Wildman–Crippen LogP) is 7.77. The van der Waals surface area contributed by atoms with E-state index >= 15 is 0 Å². The molecule has 6 heteroatoms. The van der Waals surface area contributed by atoms with Gasteiger partial charge in [-0.2, -0.15) is 0 Å². The third-order valence-corrected chi connectivity index (χ3v) is 16.8. The van der Waals surface area contributed by atoms with Crippen molar-refractivity contribution in [1.82, 2.24) is 0 Å². The molecule has 0 saturated carbocycles. The van der Waals surface area contributed by atoms with Gasteiger partial charge in [-0.25, -0.2) is 0 Å². The molecule has 0 bridgehead atoms. The Hall–Kier alpha value is -1.05. The van der Waals surface area contributed by atoms with Crippen molar-refractivity contribution in [2.75, 3.05) is 0 Å². The molecule has 0 heterocycles. The van der Waals surface area contributed by atoms with E-state index in [1.165, 1.54) is 0 Å². The zero-order valence-corrected chi connectivity index (χ0v) is 21.1. The molecule has 0 saturated heterocycles. The molecule has 30 heavy (non-hydrogen) atoms. The summed E-state index contributed by atoms with van der Waals surface area (Å²) in [5.41, 5.74) is 0. The summed E-state index contributed by atoms with van der Waals surface area (Å²) >= 11 is 31.8. The first-order valence-corrected chi connectivity index (χ1v) is 14.9. The summed E-state index contributed by atoms with van der Waals surface area (Å²) in [6.45, 7) is 0. The number of benzene rings is 4. The van der Waals surface area contributed by atoms with Gasteiger partial charge in [-0.3, -0.25) is 0 Å². The molecule has 0 aliphatic carbocycles. The van der Waals surface area contributed by atoms with Crippen LogP contribution in [-0.2, 0) is 0 Å². The number of hydrogen-bond donors (Lipinski definition) is 0. The van der Waals surface area contributed by atoms with Crippen LogP contribution in [0.2, 0.25) is 20.1 Å². The molecule has 0 atom stereocenters. The quantitative estimate of drug-likeness (QED) is 0.225. The van der Waals surface area contributed by atoms with Gasteiger partial charge in [0.15, 0.2) is 0 Å². The van der Waals surface area contributed by atoms with Crippen LogP contribution in [0.4, 0.5) is 0 Å². The Morgan fingerprint density at radius 2 is 0.600 bits per heavy atom. The topological polar surface area (TPSA) is 0 Å². The molecule has 0 nitrogen and oxygen atoms in total. The van der Waals surface area contributed by atoms with E-state index in [0.29, 0.717) is 20.1 Å². The Balaban J connectivity index is 2.37. The molecule has 0 unspecified atom stereocenters. The van der Waals surface area contributed by atoms with Crippen molar-refractivity contribution in [3.63, 3.8) is 0 Å². The molecular formula is C24H16BrCl4P. The first-order chi connectivity index (χ1) is 14.4. The van der Waals surface area contributed by atoms with Gasteiger partial charge in [0.25, 0.3) is 0 Å². The van der Waals surface area contributed by atoms with Gasteiger partial charge in [-0.15, -0.1) is 0 Å². The van der Waals surface area contributed by atoms with Crippen LogP contribution in [0.25, 0.3) is 0 Å². The summed E-state index contributed by atoms with van der Waals surface area (Å²) in [7, 11) is 0. The average molecular weight is 557 g/mol. The van der Waals surface area contributed by atoms with Gasteiger partial charge in [-0.05, 0) is 0 Å². The molecular weight excluding hydrogens is 541 g/mol. The molecule has 0 amide bonds. The summed E-state index contributed by atoms with van der Waals surface area (Å²) in [6, 6.07) is 31.1. The maximum atomic E-state index is 6.88. The fourth-order valence-electron chi connectivity index (χ4n) is 3.95. The summed E-state index contributed by atoms with van der Waals surface area (Å²) in [5, 5.41) is 2.25. The first kappa shape index (κ1) is 22.2. The second kappa shape index (κ2) is 8.47. The molecule has 0 aromatic heterocycles. The van der Waals surface area contributed by atoms with Gasteiger partial charge >= 0.3 is 206 Å². The second-order valence-electron chi connectivity index (χ2n) is 6.81. The Morgan fingerprint density at radius 1 is 0.400 bits per heavy atom. The van der Waals surface area contributed by atoms with Crippen molar-refractivity contribution < 1.29 is 0 Å². The van der Waals surface area contributed by atoms with E-state index in [4.69, 9.17) is 46.4 Å². The van der Waals surface area contributed by atoms with Gasteiger partial charge in [0.1, 0.15) is 0 Å². The van der Waals surface area contributed by atoms with Crippen molar-refractivity contribution in [2.24, 2.45) is 0 Å². The monoisotopic (exact) mass is 554 g/mol. The van der Waals surface area contributed by atoms with Gasteiger partial charge in [0.2, 0.25) is 0 Å². The average Bonchev–Trinajstić information content (AvgIpc) is 2.75. The van der Waals surface area contributed by atoms with Crippen LogP contribution in [0, 0.1) is 0 Å².